The minimum atomic E-state index is -2.23. The Balaban J connectivity index is 1.57. The standard InChI is InChI=1S/C44H50Si/c1-7-11-15-37-29-35-17-13-19-39(33-25-21-31(9-3)22-26-33)41(35)43(37)45(5,6)44-38(16-12-8-2)30-36-18-14-20-40(42(36)44)34-27-23-32(10-4)24-28-34/h13-14,17-30H,7-12,15-16H2,1-6H3. The molecule has 0 heterocycles. The van der Waals surface area contributed by atoms with E-state index in [9.17, 15) is 0 Å². The molecule has 2 aliphatic rings. The first kappa shape index (κ1) is 31.6. The van der Waals surface area contributed by atoms with Crippen LogP contribution in [0.4, 0.5) is 0 Å². The molecule has 4 aromatic carbocycles. The Labute approximate surface area is 274 Å². The van der Waals surface area contributed by atoms with E-state index in [0.717, 1.165) is 25.7 Å². The minimum Gasteiger partial charge on any atom is -0.0654 e. The minimum absolute atomic E-state index is 1.07. The van der Waals surface area contributed by atoms with Crippen LogP contribution in [0.5, 0.6) is 0 Å². The molecule has 230 valence electrons. The van der Waals surface area contributed by atoms with Gasteiger partial charge in [0.15, 0.2) is 0 Å². The highest BCUT2D eigenvalue weighted by molar-refractivity contribution is 7.09. The lowest BCUT2D eigenvalue weighted by molar-refractivity contribution is 0.795. The zero-order valence-corrected chi connectivity index (χ0v) is 29.4. The molecule has 0 atom stereocenters. The normalized spacial score (nSPS) is 14.4. The van der Waals surface area contributed by atoms with Crippen molar-refractivity contribution in [2.45, 2.75) is 92.2 Å². The van der Waals surface area contributed by atoms with Crippen molar-refractivity contribution in [3.05, 3.63) is 142 Å². The first-order valence-corrected chi connectivity index (χ1v) is 20.5. The van der Waals surface area contributed by atoms with Crippen LogP contribution in [-0.4, -0.2) is 8.07 Å². The Morgan fingerprint density at radius 2 is 0.889 bits per heavy atom. The fraction of sp³-hybridized carbons (Fsp3) is 0.318. The summed E-state index contributed by atoms with van der Waals surface area (Å²) in [6.07, 6.45) is 14.4. The third-order valence-corrected chi connectivity index (χ3v) is 13.8. The van der Waals surface area contributed by atoms with Gasteiger partial charge in [-0.05, 0) is 105 Å². The summed E-state index contributed by atoms with van der Waals surface area (Å²) in [5.41, 5.74) is 17.3. The predicted octanol–water partition coefficient (Wildman–Crippen LogP) is 12.7. The second-order valence-corrected chi connectivity index (χ2v) is 17.8. The number of benzene rings is 4. The van der Waals surface area contributed by atoms with Gasteiger partial charge in [-0.15, -0.1) is 0 Å². The molecule has 2 aliphatic carbocycles. The number of aryl methyl sites for hydroxylation is 2. The highest BCUT2D eigenvalue weighted by atomic mass is 28.3. The highest BCUT2D eigenvalue weighted by Gasteiger charge is 2.43. The molecular formula is C44H50Si. The van der Waals surface area contributed by atoms with E-state index >= 15 is 0 Å². The van der Waals surface area contributed by atoms with Crippen molar-refractivity contribution in [3.63, 3.8) is 0 Å². The molecule has 0 bridgehead atoms. The van der Waals surface area contributed by atoms with Crippen LogP contribution < -0.4 is 0 Å². The molecule has 0 spiro atoms. The SMILES string of the molecule is CCCCC1=C([Si](C)(C)C2=C(CCCC)[CH]c3cccc(-c4ccc(CC)cc4)c32)c2c(cccc2-c2ccc(CC)cc2)[CH]1. The summed E-state index contributed by atoms with van der Waals surface area (Å²) in [6.45, 7) is 14.5. The lowest BCUT2D eigenvalue weighted by Gasteiger charge is -2.33. The van der Waals surface area contributed by atoms with Crippen LogP contribution >= 0.6 is 0 Å². The maximum atomic E-state index is 2.66. The van der Waals surface area contributed by atoms with Crippen LogP contribution in [0.2, 0.25) is 13.1 Å². The fourth-order valence-electron chi connectivity index (χ4n) is 7.78. The quantitative estimate of drug-likeness (QED) is 0.141. The van der Waals surface area contributed by atoms with Gasteiger partial charge in [-0.2, -0.15) is 0 Å². The highest BCUT2D eigenvalue weighted by Crippen LogP contribution is 2.54. The Bertz CT molecular complexity index is 1600. The molecule has 1 heteroatoms. The van der Waals surface area contributed by atoms with Gasteiger partial charge in [0.05, 0.1) is 0 Å². The topological polar surface area (TPSA) is 0 Å². The molecule has 0 aliphatic heterocycles. The molecular weight excluding hydrogens is 557 g/mol. The smallest absolute Gasteiger partial charge is 0.0654 e. The molecule has 0 fully saturated rings. The number of rotatable bonds is 12. The fourth-order valence-corrected chi connectivity index (χ4v) is 11.8. The van der Waals surface area contributed by atoms with Crippen molar-refractivity contribution in [1.82, 2.24) is 0 Å². The molecule has 0 nitrogen and oxygen atoms in total. The van der Waals surface area contributed by atoms with Gasteiger partial charge < -0.3 is 0 Å². The number of fused-ring (bicyclic) bond motifs is 2. The van der Waals surface area contributed by atoms with Crippen molar-refractivity contribution in [2.75, 3.05) is 0 Å². The van der Waals surface area contributed by atoms with Gasteiger partial charge in [0.2, 0.25) is 0 Å². The van der Waals surface area contributed by atoms with Gasteiger partial charge >= 0.3 is 0 Å². The number of hydrogen-bond donors (Lipinski definition) is 0. The van der Waals surface area contributed by atoms with E-state index in [0.29, 0.717) is 0 Å². The molecule has 0 amide bonds. The van der Waals surface area contributed by atoms with Gasteiger partial charge in [0.1, 0.15) is 8.07 Å². The van der Waals surface area contributed by atoms with E-state index in [1.54, 1.807) is 21.5 Å². The lowest BCUT2D eigenvalue weighted by atomic mass is 9.96. The van der Waals surface area contributed by atoms with Crippen molar-refractivity contribution in [3.8, 4) is 22.3 Å². The summed E-state index contributed by atoms with van der Waals surface area (Å²) in [5.74, 6) is 0. The molecule has 4 aromatic rings. The van der Waals surface area contributed by atoms with Gasteiger partial charge in [0.25, 0.3) is 0 Å². The molecule has 0 unspecified atom stereocenters. The maximum absolute atomic E-state index is 2.66. The Morgan fingerprint density at radius 1 is 0.489 bits per heavy atom. The van der Waals surface area contributed by atoms with Crippen molar-refractivity contribution < 1.29 is 0 Å². The van der Waals surface area contributed by atoms with E-state index < -0.39 is 8.07 Å². The summed E-state index contributed by atoms with van der Waals surface area (Å²) in [4.78, 5) is 0. The van der Waals surface area contributed by atoms with Crippen LogP contribution in [0, 0.1) is 12.8 Å². The predicted molar refractivity (Wildman–Crippen MR) is 200 cm³/mol. The summed E-state index contributed by atoms with van der Waals surface area (Å²) in [6, 6.07) is 32.7. The maximum Gasteiger partial charge on any atom is 0.113 e. The van der Waals surface area contributed by atoms with E-state index in [2.05, 4.69) is 139 Å². The summed E-state index contributed by atoms with van der Waals surface area (Å²) in [5, 5.41) is 3.34. The molecule has 0 saturated heterocycles. The average molecular weight is 607 g/mol. The van der Waals surface area contributed by atoms with E-state index in [-0.39, 0.29) is 0 Å². The molecule has 0 aromatic heterocycles. The van der Waals surface area contributed by atoms with Crippen LogP contribution in [0.25, 0.3) is 32.6 Å². The number of allylic oxidation sites excluding steroid dienone is 2. The van der Waals surface area contributed by atoms with Gasteiger partial charge in [-0.3, -0.25) is 0 Å². The Kier molecular flexibility index (Phi) is 9.48. The average Bonchev–Trinajstić information content (AvgIpc) is 3.65. The van der Waals surface area contributed by atoms with Crippen LogP contribution in [0.3, 0.4) is 0 Å². The summed E-state index contributed by atoms with van der Waals surface area (Å²) >= 11 is 0. The summed E-state index contributed by atoms with van der Waals surface area (Å²) in [7, 11) is -2.23. The first-order chi connectivity index (χ1) is 21.9. The third-order valence-electron chi connectivity index (χ3n) is 10.2. The molecule has 45 heavy (non-hydrogen) atoms. The second kappa shape index (κ2) is 13.5. The number of unbranched alkanes of at least 4 members (excludes halogenated alkanes) is 2. The second-order valence-electron chi connectivity index (χ2n) is 13.6. The van der Waals surface area contributed by atoms with Crippen molar-refractivity contribution in [1.29, 1.82) is 0 Å². The van der Waals surface area contributed by atoms with Gasteiger partial charge in [0, 0.05) is 12.8 Å². The van der Waals surface area contributed by atoms with E-state index in [1.165, 1.54) is 81.3 Å². The van der Waals surface area contributed by atoms with Crippen LogP contribution in [-0.2, 0) is 12.8 Å². The van der Waals surface area contributed by atoms with Crippen LogP contribution in [0.1, 0.15) is 99.6 Å². The summed E-state index contributed by atoms with van der Waals surface area (Å²) < 4.78 is 0. The monoisotopic (exact) mass is 606 g/mol. The lowest BCUT2D eigenvalue weighted by Crippen LogP contribution is -2.32. The van der Waals surface area contributed by atoms with Gasteiger partial charge in [-0.1, -0.05) is 150 Å². The zero-order valence-electron chi connectivity index (χ0n) is 28.4. The van der Waals surface area contributed by atoms with Crippen molar-refractivity contribution >= 4 is 18.5 Å². The van der Waals surface area contributed by atoms with Gasteiger partial charge in [-0.25, -0.2) is 0 Å². The van der Waals surface area contributed by atoms with Crippen LogP contribution in [0.15, 0.2) is 96.1 Å². The largest absolute Gasteiger partial charge is 0.113 e. The van der Waals surface area contributed by atoms with Crippen molar-refractivity contribution in [2.24, 2.45) is 0 Å². The number of hydrogen-bond acceptors (Lipinski definition) is 0. The molecule has 6 rings (SSSR count). The zero-order chi connectivity index (χ0) is 31.6. The Morgan fingerprint density at radius 3 is 1.24 bits per heavy atom. The molecule has 0 saturated carbocycles. The third kappa shape index (κ3) is 5.97. The first-order valence-electron chi connectivity index (χ1n) is 17.5. The molecule has 2 radical (unpaired) electrons. The van der Waals surface area contributed by atoms with E-state index in [4.69, 9.17) is 0 Å². The molecule has 0 N–H and O–H groups in total. The van der Waals surface area contributed by atoms with E-state index in [1.807, 2.05) is 0 Å². The Hall–Kier alpha value is -3.42.